The molecule has 6 fully saturated rings. The fraction of sp³-hybridized carbons (Fsp3) is 0.486. The highest BCUT2D eigenvalue weighted by atomic mass is 35.5. The fourth-order valence-electron chi connectivity index (χ4n) is 11.9. The summed E-state index contributed by atoms with van der Waals surface area (Å²) in [6.07, 6.45) is 9.88. The van der Waals surface area contributed by atoms with Gasteiger partial charge in [-0.25, -0.2) is 0 Å². The van der Waals surface area contributed by atoms with Crippen molar-refractivity contribution in [3.05, 3.63) is 158 Å². The van der Waals surface area contributed by atoms with Crippen LogP contribution < -0.4 is 30.6 Å². The van der Waals surface area contributed by atoms with Crippen LogP contribution in [0.15, 0.2) is 112 Å². The zero-order valence-corrected chi connectivity index (χ0v) is 54.4. The van der Waals surface area contributed by atoms with Gasteiger partial charge in [0, 0.05) is 36.4 Å². The Morgan fingerprint density at radius 1 is 0.505 bits per heavy atom. The number of aryl methyl sites for hydroxylation is 2. The van der Waals surface area contributed by atoms with Crippen LogP contribution in [-0.2, 0) is 21.4 Å². The molecule has 16 nitrogen and oxygen atoms in total. The molecule has 13 rings (SSSR count). The zero-order valence-electron chi connectivity index (χ0n) is 52.1. The van der Waals surface area contributed by atoms with Crippen LogP contribution >= 0.6 is 34.8 Å². The number of amides is 2. The number of nitrogens with one attached hydrogen (secondary N) is 2. The number of ether oxygens (including phenoxy) is 3. The van der Waals surface area contributed by atoms with E-state index in [1.165, 1.54) is 25.0 Å². The van der Waals surface area contributed by atoms with Crippen molar-refractivity contribution < 1.29 is 65.5 Å². The van der Waals surface area contributed by atoms with Gasteiger partial charge >= 0.3 is 11.8 Å². The second kappa shape index (κ2) is 29.9. The molecule has 93 heavy (non-hydrogen) atoms. The molecule has 7 N–H and O–H groups in total. The number of carbonyl (C=O) groups excluding carboxylic acids is 2. The largest absolute Gasteiger partial charge is 0.489 e. The van der Waals surface area contributed by atoms with E-state index in [0.29, 0.717) is 60.3 Å². The molecule has 3 saturated heterocycles. The molecule has 0 spiro atoms. The lowest BCUT2D eigenvalue weighted by atomic mass is 10.0. The summed E-state index contributed by atoms with van der Waals surface area (Å²) in [5, 5.41) is 39.7. The molecule has 0 bridgehead atoms. The Kier molecular flexibility index (Phi) is 21.9. The predicted octanol–water partition coefficient (Wildman–Crippen LogP) is 13.0. The molecule has 2 aromatic heterocycles. The molecule has 7 aromatic rings. The van der Waals surface area contributed by atoms with Crippen LogP contribution in [0.4, 0.5) is 17.6 Å². The fourth-order valence-corrected chi connectivity index (χ4v) is 12.6. The summed E-state index contributed by atoms with van der Waals surface area (Å²) in [7, 11) is 0. The average molecular weight is 1350 g/mol. The minimum Gasteiger partial charge on any atom is -0.489 e. The van der Waals surface area contributed by atoms with E-state index in [1.54, 1.807) is 78.9 Å². The molecule has 1 unspecified atom stereocenters. The van der Waals surface area contributed by atoms with Gasteiger partial charge in [-0.15, -0.1) is 0 Å². The Hall–Kier alpha value is -6.17. The van der Waals surface area contributed by atoms with Gasteiger partial charge in [0.25, 0.3) is 11.8 Å². The van der Waals surface area contributed by atoms with Crippen molar-refractivity contribution in [3.8, 4) is 17.2 Å². The molecule has 0 radical (unpaired) electrons. The topological polar surface area (TPSA) is 209 Å². The van der Waals surface area contributed by atoms with E-state index < -0.39 is 65.6 Å². The van der Waals surface area contributed by atoms with E-state index in [0.717, 1.165) is 127 Å². The van der Waals surface area contributed by atoms with Crippen molar-refractivity contribution in [3.63, 3.8) is 0 Å². The first kappa shape index (κ1) is 68.2. The zero-order chi connectivity index (χ0) is 65.7. The number of nitrogens with two attached hydrogens (primary N) is 1. The second-order valence-corrected chi connectivity index (χ2v) is 26.9. The lowest BCUT2D eigenvalue weighted by Gasteiger charge is -2.30. The van der Waals surface area contributed by atoms with Crippen LogP contribution in [0.25, 0.3) is 21.9 Å². The highest BCUT2D eigenvalue weighted by molar-refractivity contribution is 6.32. The highest BCUT2D eigenvalue weighted by Gasteiger charge is 2.48. The number of aliphatic hydroxyl groups is 3. The Balaban J connectivity index is 0.000000148. The van der Waals surface area contributed by atoms with Crippen LogP contribution in [0, 0.1) is 13.8 Å². The molecule has 6 aliphatic rings. The summed E-state index contributed by atoms with van der Waals surface area (Å²) in [5.74, 6) is -10.6. The predicted molar refractivity (Wildman–Crippen MR) is 349 cm³/mol. The van der Waals surface area contributed by atoms with Crippen LogP contribution in [-0.4, -0.2) is 137 Å². The number of rotatable bonds is 24. The number of hydrogen-bond donors (Lipinski definition) is 6. The monoisotopic (exact) mass is 1350 g/mol. The van der Waals surface area contributed by atoms with Gasteiger partial charge in [-0.3, -0.25) is 9.59 Å². The van der Waals surface area contributed by atoms with Gasteiger partial charge in [-0.05, 0) is 220 Å². The second-order valence-electron chi connectivity index (χ2n) is 25.7. The summed E-state index contributed by atoms with van der Waals surface area (Å²) >= 11 is 19.0. The third kappa shape index (κ3) is 17.7. The molecule has 5 aromatic carbocycles. The minimum atomic E-state index is -3.92. The molecule has 3 aliphatic heterocycles. The quantitative estimate of drug-likeness (QED) is 0.0311. The first-order chi connectivity index (χ1) is 44.5. The van der Waals surface area contributed by atoms with Gasteiger partial charge in [0.1, 0.15) is 40.6 Å². The van der Waals surface area contributed by atoms with Crippen LogP contribution in [0.2, 0.25) is 15.1 Å². The van der Waals surface area contributed by atoms with E-state index in [4.69, 9.17) is 63.6 Å². The van der Waals surface area contributed by atoms with Crippen LogP contribution in [0.5, 0.6) is 17.2 Å². The maximum atomic E-state index is 15.2. The van der Waals surface area contributed by atoms with Gasteiger partial charge in [-0.1, -0.05) is 76.3 Å². The van der Waals surface area contributed by atoms with Crippen LogP contribution in [0.3, 0.4) is 0 Å². The molecule has 5 heterocycles. The minimum absolute atomic E-state index is 0.157. The van der Waals surface area contributed by atoms with Gasteiger partial charge in [0.2, 0.25) is 0 Å². The number of alkyl halides is 4. The number of aliphatic hydroxyl groups excluding tert-OH is 3. The molecular weight excluding hydrogens is 1270 g/mol. The first-order valence-electron chi connectivity index (χ1n) is 32.3. The van der Waals surface area contributed by atoms with Gasteiger partial charge in [-0.2, -0.15) is 17.6 Å². The molecule has 23 heteroatoms. The molecule has 6 atom stereocenters. The average Bonchev–Trinajstić information content (AvgIpc) is 1.85. The Morgan fingerprint density at radius 2 is 0.828 bits per heavy atom. The number of likely N-dealkylation sites (tertiary alicyclic amines) is 3. The van der Waals surface area contributed by atoms with E-state index in [1.807, 2.05) is 35.8 Å². The number of hydrogen-bond acceptors (Lipinski definition) is 14. The van der Waals surface area contributed by atoms with Gasteiger partial charge in [0.15, 0.2) is 11.5 Å². The Labute approximate surface area is 553 Å². The molecule has 500 valence electrons. The summed E-state index contributed by atoms with van der Waals surface area (Å²) < 4.78 is 88.8. The lowest BCUT2D eigenvalue weighted by molar-refractivity contribution is -0.151. The first-order valence-corrected chi connectivity index (χ1v) is 33.4. The van der Waals surface area contributed by atoms with Crippen molar-refractivity contribution >= 4 is 68.6 Å². The number of fused-ring (bicyclic) bond motifs is 2. The molecule has 3 saturated carbocycles. The smallest absolute Gasteiger partial charge is 0.380 e. The van der Waals surface area contributed by atoms with Crippen LogP contribution in [0.1, 0.15) is 135 Å². The number of furan rings is 2. The summed E-state index contributed by atoms with van der Waals surface area (Å²) in [4.78, 5) is 32.2. The molecular formula is C70H81Cl3F4N6O10. The van der Waals surface area contributed by atoms with E-state index >= 15 is 17.6 Å². The molecule has 3 aliphatic carbocycles. The van der Waals surface area contributed by atoms with Crippen molar-refractivity contribution in [2.24, 2.45) is 5.73 Å². The number of nitrogens with zero attached hydrogens (tertiary/aromatic N) is 3. The summed E-state index contributed by atoms with van der Waals surface area (Å²) in [6.45, 7) is 10.1. The summed E-state index contributed by atoms with van der Waals surface area (Å²) in [6, 6.07) is 25.5. The third-order valence-corrected chi connectivity index (χ3v) is 18.5. The van der Waals surface area contributed by atoms with E-state index in [-0.39, 0.29) is 42.5 Å². The van der Waals surface area contributed by atoms with Crippen molar-refractivity contribution in [2.75, 3.05) is 58.9 Å². The standard InChI is InChI=1S/2C27H29ClF2N2O4.C16H23ClN2O2/c2*1-16-4-8-22-18(12-16)14-24(36-22)27(29,30)26(34)31-21(15-32-10-2-3-11-32)25(33)17-5-9-23(20(28)13-17)35-19-6-7-19;17-13-9-11(3-6-15(13)21-12-4-5-12)16(20)14(18)10-19-7-1-2-8-19/h2*4-5,8-9,12-14,19,21,25,33H,2-3,6-7,10-11,15H2,1H3,(H,31,34);3,6,9,12,14,16,20H,1-2,4-5,7-8,10,18H2/t21-,25+;21-,25-;14-,16?/m111/s1. The van der Waals surface area contributed by atoms with E-state index in [2.05, 4.69) is 15.5 Å². The third-order valence-electron chi connectivity index (χ3n) is 17.7. The highest BCUT2D eigenvalue weighted by Crippen LogP contribution is 2.40. The van der Waals surface area contributed by atoms with Gasteiger partial charge < -0.3 is 69.4 Å². The Morgan fingerprint density at radius 3 is 1.15 bits per heavy atom. The number of halogens is 7. The number of carbonyl (C=O) groups is 2. The van der Waals surface area contributed by atoms with E-state index in [9.17, 15) is 24.9 Å². The SMILES string of the molecule is Cc1ccc2oc(C(F)(F)C(=O)N[C@H](CN3CCCC3)[C@@H](O)c3ccc(OC4CC4)c(Cl)c3)cc2c1.Cc1ccc2oc(C(F)(F)C(=O)N[C@H](CN3CCCC3)[C@H](O)c3ccc(OC4CC4)c(Cl)c3)cc2c1.N[C@H](CN1CCCC1)C(O)c1ccc(OC2CC2)c(Cl)c1. The Bertz CT molecular complexity index is 3520. The number of benzene rings is 5. The van der Waals surface area contributed by atoms with Gasteiger partial charge in [0.05, 0.1) is 51.6 Å². The van der Waals surface area contributed by atoms with Crippen molar-refractivity contribution in [2.45, 2.75) is 157 Å². The lowest BCUT2D eigenvalue weighted by Crippen LogP contribution is -2.50. The maximum Gasteiger partial charge on any atom is 0.380 e. The van der Waals surface area contributed by atoms with Crippen molar-refractivity contribution in [1.82, 2.24) is 25.3 Å². The molecule has 2 amide bonds. The normalized spacial score (nSPS) is 19.2. The maximum absolute atomic E-state index is 15.2. The van der Waals surface area contributed by atoms with Crippen molar-refractivity contribution in [1.29, 1.82) is 0 Å². The summed E-state index contributed by atoms with van der Waals surface area (Å²) in [5.41, 5.74) is 10.1.